The lowest BCUT2D eigenvalue weighted by molar-refractivity contribution is -0.126. The van der Waals surface area contributed by atoms with Crippen LogP contribution in [0.15, 0.2) is 0 Å². The summed E-state index contributed by atoms with van der Waals surface area (Å²) in [6, 6.07) is 0.123. The second kappa shape index (κ2) is 5.04. The maximum atomic E-state index is 12.0. The van der Waals surface area contributed by atoms with Gasteiger partial charge in [0.15, 0.2) is 0 Å². The van der Waals surface area contributed by atoms with Crippen molar-refractivity contribution in [3.05, 3.63) is 0 Å². The summed E-state index contributed by atoms with van der Waals surface area (Å²) in [6.45, 7) is 5.26. The predicted octanol–water partition coefficient (Wildman–Crippen LogP) is -0.232. The molecule has 0 aliphatic carbocycles. The van der Waals surface area contributed by atoms with Crippen LogP contribution in [0.1, 0.15) is 33.1 Å². The van der Waals surface area contributed by atoms with Gasteiger partial charge in [-0.2, -0.15) is 0 Å². The van der Waals surface area contributed by atoms with Gasteiger partial charge in [-0.05, 0) is 32.2 Å². The molecule has 2 aliphatic heterocycles. The van der Waals surface area contributed by atoms with Crippen LogP contribution in [0.2, 0.25) is 0 Å². The second-order valence-electron chi connectivity index (χ2n) is 5.20. The maximum absolute atomic E-state index is 12.0. The molecule has 0 aromatic carbocycles. The summed E-state index contributed by atoms with van der Waals surface area (Å²) < 4.78 is 0. The molecule has 17 heavy (non-hydrogen) atoms. The first-order chi connectivity index (χ1) is 8.08. The average Bonchev–Trinajstić information content (AvgIpc) is 2.70. The molecule has 2 heterocycles. The molecule has 2 aliphatic rings. The lowest BCUT2D eigenvalue weighted by Crippen LogP contribution is -2.58. The second-order valence-corrected chi connectivity index (χ2v) is 5.20. The van der Waals surface area contributed by atoms with Crippen molar-refractivity contribution in [1.29, 1.82) is 0 Å². The van der Waals surface area contributed by atoms with Crippen molar-refractivity contribution in [3.63, 3.8) is 0 Å². The Labute approximate surface area is 102 Å². The number of rotatable bonds is 2. The van der Waals surface area contributed by atoms with E-state index in [0.29, 0.717) is 24.8 Å². The van der Waals surface area contributed by atoms with Gasteiger partial charge in [0.05, 0.1) is 0 Å². The van der Waals surface area contributed by atoms with Crippen molar-refractivity contribution in [2.24, 2.45) is 5.92 Å². The first-order valence-corrected chi connectivity index (χ1v) is 6.41. The number of hydrogen-bond donors (Lipinski definition) is 3. The van der Waals surface area contributed by atoms with Crippen molar-refractivity contribution < 1.29 is 9.59 Å². The largest absolute Gasteiger partial charge is 0.350 e. The van der Waals surface area contributed by atoms with Crippen molar-refractivity contribution in [2.75, 3.05) is 6.54 Å². The molecule has 0 bridgehead atoms. The highest BCUT2D eigenvalue weighted by atomic mass is 16.2. The summed E-state index contributed by atoms with van der Waals surface area (Å²) in [4.78, 5) is 23.1. The highest BCUT2D eigenvalue weighted by Gasteiger charge is 2.33. The summed E-state index contributed by atoms with van der Waals surface area (Å²) in [5.74, 6) is 0.420. The fraction of sp³-hybridized carbons (Fsp3) is 0.833. The van der Waals surface area contributed by atoms with Gasteiger partial charge in [0.2, 0.25) is 11.8 Å². The van der Waals surface area contributed by atoms with Gasteiger partial charge in [0.1, 0.15) is 6.04 Å². The molecule has 5 nitrogen and oxygen atoms in total. The molecule has 3 N–H and O–H groups in total. The zero-order valence-electron chi connectivity index (χ0n) is 10.5. The molecule has 96 valence electrons. The fourth-order valence-electron chi connectivity index (χ4n) is 2.68. The monoisotopic (exact) mass is 239 g/mol. The van der Waals surface area contributed by atoms with Crippen LogP contribution in [0.3, 0.4) is 0 Å². The van der Waals surface area contributed by atoms with Gasteiger partial charge >= 0.3 is 0 Å². The van der Waals surface area contributed by atoms with Gasteiger partial charge in [0, 0.05) is 18.5 Å². The standard InChI is InChI=1S/C12H21N3O2/c1-7-5-6-13-8(2)11(7)15-12(17)9-3-4-10(16)14-9/h7-9,11,13H,3-6H2,1-2H3,(H,14,16)(H,15,17). The lowest BCUT2D eigenvalue weighted by Gasteiger charge is -2.36. The molecule has 2 saturated heterocycles. The van der Waals surface area contributed by atoms with Gasteiger partial charge in [-0.25, -0.2) is 0 Å². The Morgan fingerprint density at radius 1 is 1.35 bits per heavy atom. The minimum absolute atomic E-state index is 0.0204. The van der Waals surface area contributed by atoms with E-state index in [2.05, 4.69) is 29.8 Å². The number of nitrogens with one attached hydrogen (secondary N) is 3. The number of carbonyl (C=O) groups excluding carboxylic acids is 2. The van der Waals surface area contributed by atoms with E-state index in [1.54, 1.807) is 0 Å². The molecule has 2 amide bonds. The van der Waals surface area contributed by atoms with Gasteiger partial charge in [-0.15, -0.1) is 0 Å². The number of piperidine rings is 1. The summed E-state index contributed by atoms with van der Waals surface area (Å²) in [6.07, 6.45) is 2.16. The zero-order valence-corrected chi connectivity index (χ0v) is 10.5. The van der Waals surface area contributed by atoms with Gasteiger partial charge < -0.3 is 16.0 Å². The smallest absolute Gasteiger partial charge is 0.242 e. The van der Waals surface area contributed by atoms with Crippen LogP contribution in [-0.4, -0.2) is 36.5 Å². The SMILES string of the molecule is CC1CCNC(C)C1NC(=O)C1CCC(=O)N1. The molecule has 0 saturated carbocycles. The van der Waals surface area contributed by atoms with Crippen molar-refractivity contribution in [3.8, 4) is 0 Å². The predicted molar refractivity (Wildman–Crippen MR) is 64.3 cm³/mol. The summed E-state index contributed by atoms with van der Waals surface area (Å²) in [5.41, 5.74) is 0. The number of carbonyl (C=O) groups is 2. The molecule has 0 aromatic rings. The highest BCUT2D eigenvalue weighted by molar-refractivity contribution is 5.90. The Kier molecular flexibility index (Phi) is 3.66. The van der Waals surface area contributed by atoms with E-state index in [0.717, 1.165) is 13.0 Å². The van der Waals surface area contributed by atoms with Crippen LogP contribution >= 0.6 is 0 Å². The Balaban J connectivity index is 1.90. The Morgan fingerprint density at radius 2 is 2.12 bits per heavy atom. The van der Waals surface area contributed by atoms with Crippen LogP contribution in [0, 0.1) is 5.92 Å². The van der Waals surface area contributed by atoms with Crippen molar-refractivity contribution >= 4 is 11.8 Å². The van der Waals surface area contributed by atoms with Crippen LogP contribution in [-0.2, 0) is 9.59 Å². The van der Waals surface area contributed by atoms with Crippen molar-refractivity contribution in [1.82, 2.24) is 16.0 Å². The summed E-state index contributed by atoms with van der Waals surface area (Å²) in [7, 11) is 0. The van der Waals surface area contributed by atoms with Gasteiger partial charge in [-0.1, -0.05) is 6.92 Å². The first kappa shape index (κ1) is 12.4. The molecule has 0 aromatic heterocycles. The average molecular weight is 239 g/mol. The van der Waals surface area contributed by atoms with E-state index < -0.39 is 0 Å². The minimum Gasteiger partial charge on any atom is -0.350 e. The molecule has 5 heteroatoms. The molecule has 4 unspecified atom stereocenters. The van der Waals surface area contributed by atoms with E-state index in [4.69, 9.17) is 0 Å². The number of hydrogen-bond acceptors (Lipinski definition) is 3. The van der Waals surface area contributed by atoms with E-state index in [1.165, 1.54) is 0 Å². The zero-order chi connectivity index (χ0) is 12.4. The number of amides is 2. The van der Waals surface area contributed by atoms with E-state index >= 15 is 0 Å². The molecule has 4 atom stereocenters. The Morgan fingerprint density at radius 3 is 2.71 bits per heavy atom. The van der Waals surface area contributed by atoms with Gasteiger partial charge in [0.25, 0.3) is 0 Å². The van der Waals surface area contributed by atoms with Crippen LogP contribution in [0.4, 0.5) is 0 Å². The molecule has 0 radical (unpaired) electrons. The Bertz CT molecular complexity index is 309. The topological polar surface area (TPSA) is 70.2 Å². The third-order valence-electron chi connectivity index (χ3n) is 3.84. The fourth-order valence-corrected chi connectivity index (χ4v) is 2.68. The maximum Gasteiger partial charge on any atom is 0.242 e. The molecule has 0 spiro atoms. The van der Waals surface area contributed by atoms with E-state index in [1.807, 2.05) is 0 Å². The normalized spacial score (nSPS) is 37.6. The first-order valence-electron chi connectivity index (χ1n) is 6.41. The van der Waals surface area contributed by atoms with E-state index in [9.17, 15) is 9.59 Å². The van der Waals surface area contributed by atoms with Crippen LogP contribution in [0.5, 0.6) is 0 Å². The van der Waals surface area contributed by atoms with E-state index in [-0.39, 0.29) is 23.9 Å². The third kappa shape index (κ3) is 2.77. The quantitative estimate of drug-likeness (QED) is 0.623. The third-order valence-corrected chi connectivity index (χ3v) is 3.84. The summed E-state index contributed by atoms with van der Waals surface area (Å²) >= 11 is 0. The van der Waals surface area contributed by atoms with Gasteiger partial charge in [-0.3, -0.25) is 9.59 Å². The summed E-state index contributed by atoms with van der Waals surface area (Å²) in [5, 5.41) is 9.13. The highest BCUT2D eigenvalue weighted by Crippen LogP contribution is 2.17. The van der Waals surface area contributed by atoms with Crippen LogP contribution < -0.4 is 16.0 Å². The lowest BCUT2D eigenvalue weighted by atomic mass is 9.89. The van der Waals surface area contributed by atoms with Crippen LogP contribution in [0.25, 0.3) is 0 Å². The molecule has 2 rings (SSSR count). The minimum atomic E-state index is -0.330. The molecular weight excluding hydrogens is 218 g/mol. The Hall–Kier alpha value is -1.10. The molecule has 2 fully saturated rings. The molecular formula is C12H21N3O2. The van der Waals surface area contributed by atoms with Crippen molar-refractivity contribution in [2.45, 2.75) is 51.2 Å².